The summed E-state index contributed by atoms with van der Waals surface area (Å²) in [5.41, 5.74) is 5.92. The van der Waals surface area contributed by atoms with E-state index in [0.717, 1.165) is 6.54 Å². The molecule has 0 aliphatic heterocycles. The van der Waals surface area contributed by atoms with Gasteiger partial charge in [-0.15, -0.1) is 0 Å². The predicted octanol–water partition coefficient (Wildman–Crippen LogP) is 3.23. The fraction of sp³-hybridized carbons (Fsp3) is 0.167. The maximum Gasteiger partial charge on any atom is 0.180 e. The summed E-state index contributed by atoms with van der Waals surface area (Å²) in [7, 11) is 0. The van der Waals surface area contributed by atoms with Crippen molar-refractivity contribution in [2.75, 3.05) is 0 Å². The Morgan fingerprint density at radius 1 is 1.58 bits per heavy atom. The molecule has 19 heavy (non-hydrogen) atoms. The second-order valence-electron chi connectivity index (χ2n) is 3.74. The topological polar surface area (TPSA) is 53.1 Å². The number of ether oxygens (including phenoxy) is 1. The van der Waals surface area contributed by atoms with Gasteiger partial charge < -0.3 is 10.5 Å². The van der Waals surface area contributed by atoms with Crippen molar-refractivity contribution >= 4 is 33.1 Å². The first-order valence-electron chi connectivity index (χ1n) is 5.51. The van der Waals surface area contributed by atoms with Gasteiger partial charge in [-0.3, -0.25) is 4.68 Å². The molecule has 100 valence electrons. The van der Waals surface area contributed by atoms with Crippen molar-refractivity contribution in [1.82, 2.24) is 9.78 Å². The molecule has 0 radical (unpaired) electrons. The minimum absolute atomic E-state index is 0.0857. The number of thiocarbonyl (C=S) groups is 1. The molecule has 2 rings (SSSR count). The molecule has 0 spiro atoms. The van der Waals surface area contributed by atoms with Gasteiger partial charge in [-0.05, 0) is 35.0 Å². The minimum atomic E-state index is -0.547. The lowest BCUT2D eigenvalue weighted by Crippen LogP contribution is -2.11. The Labute approximate surface area is 123 Å². The molecule has 0 fully saturated rings. The van der Waals surface area contributed by atoms with Gasteiger partial charge in [0.1, 0.15) is 4.99 Å². The van der Waals surface area contributed by atoms with Crippen LogP contribution in [-0.4, -0.2) is 14.8 Å². The zero-order chi connectivity index (χ0) is 14.0. The highest BCUT2D eigenvalue weighted by Crippen LogP contribution is 2.31. The number of hydrogen-bond acceptors (Lipinski definition) is 3. The monoisotopic (exact) mass is 343 g/mol. The number of halogens is 2. The maximum absolute atomic E-state index is 14.1. The molecule has 2 aromatic rings. The lowest BCUT2D eigenvalue weighted by molar-refractivity contribution is 0.439. The SMILES string of the molecule is CCn1cc(Oc2ccc(C(N)=S)c(Br)c2F)cn1. The van der Waals surface area contributed by atoms with Crippen molar-refractivity contribution < 1.29 is 9.13 Å². The molecule has 0 saturated carbocycles. The van der Waals surface area contributed by atoms with E-state index in [2.05, 4.69) is 21.0 Å². The molecule has 0 amide bonds. The molecule has 0 unspecified atom stereocenters. The summed E-state index contributed by atoms with van der Waals surface area (Å²) in [4.78, 5) is 0.121. The Balaban J connectivity index is 2.31. The van der Waals surface area contributed by atoms with E-state index in [1.54, 1.807) is 16.9 Å². The third-order valence-corrected chi connectivity index (χ3v) is 3.47. The van der Waals surface area contributed by atoms with Gasteiger partial charge in [0.25, 0.3) is 0 Å². The summed E-state index contributed by atoms with van der Waals surface area (Å²) >= 11 is 7.95. The summed E-state index contributed by atoms with van der Waals surface area (Å²) < 4.78 is 21.4. The Kier molecular flexibility index (Phi) is 4.16. The zero-order valence-corrected chi connectivity index (χ0v) is 12.5. The van der Waals surface area contributed by atoms with Crippen LogP contribution in [0.2, 0.25) is 0 Å². The fourth-order valence-corrected chi connectivity index (χ4v) is 2.34. The summed E-state index contributed by atoms with van der Waals surface area (Å²) in [5.74, 6) is 0.00722. The number of aryl methyl sites for hydroxylation is 1. The van der Waals surface area contributed by atoms with Crippen LogP contribution in [0.5, 0.6) is 11.5 Å². The smallest absolute Gasteiger partial charge is 0.180 e. The first kappa shape index (κ1) is 14.0. The van der Waals surface area contributed by atoms with E-state index < -0.39 is 5.82 Å². The standard InChI is InChI=1S/C12H11BrFN3OS/c1-2-17-6-7(5-16-17)18-9-4-3-8(12(15)19)10(13)11(9)14/h3-6H,2H2,1H3,(H2,15,19). The van der Waals surface area contributed by atoms with Crippen LogP contribution in [0.25, 0.3) is 0 Å². The van der Waals surface area contributed by atoms with Crippen LogP contribution in [0.4, 0.5) is 4.39 Å². The first-order valence-corrected chi connectivity index (χ1v) is 6.71. The Morgan fingerprint density at radius 3 is 2.89 bits per heavy atom. The highest BCUT2D eigenvalue weighted by Gasteiger charge is 2.15. The van der Waals surface area contributed by atoms with Crippen LogP contribution in [-0.2, 0) is 6.54 Å². The molecular weight excluding hydrogens is 333 g/mol. The summed E-state index contributed by atoms with van der Waals surface area (Å²) in [6.45, 7) is 2.67. The van der Waals surface area contributed by atoms with Gasteiger partial charge in [0.15, 0.2) is 17.3 Å². The van der Waals surface area contributed by atoms with Crippen LogP contribution in [0.15, 0.2) is 29.0 Å². The molecule has 1 aromatic heterocycles. The van der Waals surface area contributed by atoms with Crippen molar-refractivity contribution in [3.8, 4) is 11.5 Å². The van der Waals surface area contributed by atoms with Crippen molar-refractivity contribution in [3.05, 3.63) is 40.4 Å². The highest BCUT2D eigenvalue weighted by atomic mass is 79.9. The number of nitrogens with two attached hydrogens (primary N) is 1. The number of hydrogen-bond donors (Lipinski definition) is 1. The summed E-state index contributed by atoms with van der Waals surface area (Å²) in [6, 6.07) is 3.09. The van der Waals surface area contributed by atoms with E-state index in [0.29, 0.717) is 11.3 Å². The van der Waals surface area contributed by atoms with E-state index in [1.165, 1.54) is 12.3 Å². The van der Waals surface area contributed by atoms with Crippen LogP contribution in [0.3, 0.4) is 0 Å². The molecular formula is C12H11BrFN3OS. The molecule has 7 heteroatoms. The lowest BCUT2D eigenvalue weighted by atomic mass is 10.2. The molecule has 2 N–H and O–H groups in total. The first-order chi connectivity index (χ1) is 9.02. The summed E-state index contributed by atoms with van der Waals surface area (Å²) in [6.07, 6.45) is 3.22. The van der Waals surface area contributed by atoms with Crippen LogP contribution < -0.4 is 10.5 Å². The minimum Gasteiger partial charge on any atom is -0.451 e. The van der Waals surface area contributed by atoms with Gasteiger partial charge in [0.05, 0.1) is 16.9 Å². The van der Waals surface area contributed by atoms with Gasteiger partial charge >= 0.3 is 0 Å². The average Bonchev–Trinajstić information content (AvgIpc) is 2.82. The molecule has 0 bridgehead atoms. The average molecular weight is 344 g/mol. The third-order valence-electron chi connectivity index (χ3n) is 2.47. The zero-order valence-electron chi connectivity index (χ0n) is 10.1. The molecule has 0 saturated heterocycles. The van der Waals surface area contributed by atoms with Crippen molar-refractivity contribution in [1.29, 1.82) is 0 Å². The predicted molar refractivity (Wildman–Crippen MR) is 78.0 cm³/mol. The van der Waals surface area contributed by atoms with E-state index in [4.69, 9.17) is 22.7 Å². The van der Waals surface area contributed by atoms with E-state index in [-0.39, 0.29) is 15.2 Å². The quantitative estimate of drug-likeness (QED) is 0.866. The van der Waals surface area contributed by atoms with Crippen LogP contribution >= 0.6 is 28.1 Å². The Bertz CT molecular complexity index is 629. The van der Waals surface area contributed by atoms with Gasteiger partial charge in [-0.2, -0.15) is 5.10 Å². The van der Waals surface area contributed by atoms with Crippen LogP contribution in [0.1, 0.15) is 12.5 Å². The van der Waals surface area contributed by atoms with Crippen molar-refractivity contribution in [2.24, 2.45) is 5.73 Å². The second-order valence-corrected chi connectivity index (χ2v) is 4.97. The normalized spacial score (nSPS) is 10.5. The number of nitrogens with zero attached hydrogens (tertiary/aromatic N) is 2. The van der Waals surface area contributed by atoms with Gasteiger partial charge in [-0.1, -0.05) is 12.2 Å². The molecule has 0 aliphatic rings. The van der Waals surface area contributed by atoms with Gasteiger partial charge in [-0.25, -0.2) is 4.39 Å². The molecule has 0 aliphatic carbocycles. The van der Waals surface area contributed by atoms with Crippen LogP contribution in [0, 0.1) is 5.82 Å². The molecule has 1 heterocycles. The maximum atomic E-state index is 14.1. The fourth-order valence-electron chi connectivity index (χ4n) is 1.50. The van der Waals surface area contributed by atoms with Crippen molar-refractivity contribution in [3.63, 3.8) is 0 Å². The van der Waals surface area contributed by atoms with E-state index in [1.807, 2.05) is 6.92 Å². The Hall–Kier alpha value is -1.47. The van der Waals surface area contributed by atoms with E-state index >= 15 is 0 Å². The highest BCUT2D eigenvalue weighted by molar-refractivity contribution is 9.10. The lowest BCUT2D eigenvalue weighted by Gasteiger charge is -2.08. The number of aromatic nitrogens is 2. The van der Waals surface area contributed by atoms with Gasteiger partial charge in [0, 0.05) is 12.1 Å². The number of rotatable bonds is 4. The molecule has 4 nitrogen and oxygen atoms in total. The third kappa shape index (κ3) is 2.93. The largest absolute Gasteiger partial charge is 0.451 e. The Morgan fingerprint density at radius 2 is 2.32 bits per heavy atom. The number of benzene rings is 1. The second kappa shape index (κ2) is 5.66. The van der Waals surface area contributed by atoms with E-state index in [9.17, 15) is 4.39 Å². The molecule has 0 atom stereocenters. The molecule has 1 aromatic carbocycles. The van der Waals surface area contributed by atoms with Crippen molar-refractivity contribution in [2.45, 2.75) is 13.5 Å². The summed E-state index contributed by atoms with van der Waals surface area (Å²) in [5, 5.41) is 4.05. The van der Waals surface area contributed by atoms with Gasteiger partial charge in [0.2, 0.25) is 0 Å².